The van der Waals surface area contributed by atoms with E-state index in [9.17, 15) is 0 Å². The Morgan fingerprint density at radius 3 is 2.67 bits per heavy atom. The Balaban J connectivity index is 2.70. The molecule has 0 unspecified atom stereocenters. The molecule has 0 amide bonds. The van der Waals surface area contributed by atoms with E-state index in [0.29, 0.717) is 5.92 Å². The zero-order chi connectivity index (χ0) is 6.91. The molecule has 0 aromatic carbocycles. The van der Waals surface area contributed by atoms with Gasteiger partial charge in [-0.25, -0.2) is 0 Å². The second-order valence-electron chi connectivity index (χ2n) is 2.95. The maximum Gasteiger partial charge on any atom is 0.106 e. The number of rotatable bonds is 0. The highest BCUT2D eigenvalue weighted by molar-refractivity contribution is 5.10. The minimum absolute atomic E-state index is 0.391. The van der Waals surface area contributed by atoms with Gasteiger partial charge in [0.1, 0.15) is 5.54 Å². The number of hydrogen-bond acceptors (Lipinski definition) is 2. The fraction of sp³-hybridized carbons (Fsp3) is 0.857. The Labute approximate surface area is 55.7 Å². The van der Waals surface area contributed by atoms with Gasteiger partial charge in [-0.3, -0.25) is 0 Å². The molecule has 50 valence electrons. The Morgan fingerprint density at radius 1 is 1.78 bits per heavy atom. The van der Waals surface area contributed by atoms with E-state index in [1.807, 2.05) is 0 Å². The lowest BCUT2D eigenvalue weighted by molar-refractivity contribution is 0.430. The molecular formula is C7H12N2. The SMILES string of the molecule is C[C@@H]1CCC[C@]1(N)C#N. The molecular weight excluding hydrogens is 112 g/mol. The molecule has 1 aliphatic carbocycles. The van der Waals surface area contributed by atoms with E-state index in [1.165, 1.54) is 0 Å². The summed E-state index contributed by atoms with van der Waals surface area (Å²) in [5.74, 6) is 0.391. The molecule has 0 heterocycles. The Kier molecular flexibility index (Phi) is 1.46. The van der Waals surface area contributed by atoms with Crippen LogP contribution in [0, 0.1) is 17.2 Å². The molecule has 1 rings (SSSR count). The van der Waals surface area contributed by atoms with Gasteiger partial charge in [0.2, 0.25) is 0 Å². The topological polar surface area (TPSA) is 49.8 Å². The van der Waals surface area contributed by atoms with Gasteiger partial charge in [0.05, 0.1) is 6.07 Å². The molecule has 2 heteroatoms. The highest BCUT2D eigenvalue weighted by atomic mass is 14.8. The average Bonchev–Trinajstić information content (AvgIpc) is 2.15. The standard InChI is InChI=1S/C7H12N2/c1-6-3-2-4-7(6,9)5-8/h6H,2-4,9H2,1H3/t6-,7+/m1/s1. The molecule has 2 atom stereocenters. The van der Waals surface area contributed by atoms with Crippen LogP contribution in [0.1, 0.15) is 26.2 Å². The van der Waals surface area contributed by atoms with E-state index in [0.717, 1.165) is 19.3 Å². The molecule has 0 bridgehead atoms. The molecule has 2 N–H and O–H groups in total. The van der Waals surface area contributed by atoms with Crippen LogP contribution in [0.3, 0.4) is 0 Å². The smallest absolute Gasteiger partial charge is 0.106 e. The molecule has 0 saturated heterocycles. The molecule has 0 radical (unpaired) electrons. The predicted octanol–water partition coefficient (Wildman–Crippen LogP) is 1.03. The normalized spacial score (nSPS) is 42.6. The van der Waals surface area contributed by atoms with Crippen LogP contribution in [0.4, 0.5) is 0 Å². The Morgan fingerprint density at radius 2 is 2.44 bits per heavy atom. The second kappa shape index (κ2) is 2.00. The van der Waals surface area contributed by atoms with Crippen LogP contribution < -0.4 is 5.73 Å². The molecule has 0 spiro atoms. The van der Waals surface area contributed by atoms with Crippen LogP contribution in [0.5, 0.6) is 0 Å². The molecule has 0 aromatic rings. The second-order valence-corrected chi connectivity index (χ2v) is 2.95. The van der Waals surface area contributed by atoms with Crippen molar-refractivity contribution >= 4 is 0 Å². The summed E-state index contributed by atoms with van der Waals surface area (Å²) in [7, 11) is 0. The van der Waals surface area contributed by atoms with Crippen molar-refractivity contribution in [3.8, 4) is 6.07 Å². The zero-order valence-electron chi connectivity index (χ0n) is 5.72. The molecule has 9 heavy (non-hydrogen) atoms. The summed E-state index contributed by atoms with van der Waals surface area (Å²) in [6.45, 7) is 2.05. The van der Waals surface area contributed by atoms with Crippen LogP contribution in [-0.2, 0) is 0 Å². The van der Waals surface area contributed by atoms with Crippen molar-refractivity contribution in [1.82, 2.24) is 0 Å². The van der Waals surface area contributed by atoms with E-state index in [4.69, 9.17) is 11.0 Å². The lowest BCUT2D eigenvalue weighted by Gasteiger charge is -2.18. The van der Waals surface area contributed by atoms with Gasteiger partial charge in [-0.1, -0.05) is 13.3 Å². The van der Waals surface area contributed by atoms with Crippen LogP contribution in [-0.4, -0.2) is 5.54 Å². The minimum atomic E-state index is -0.500. The summed E-state index contributed by atoms with van der Waals surface area (Å²) in [6, 6.07) is 2.17. The van der Waals surface area contributed by atoms with Crippen molar-refractivity contribution < 1.29 is 0 Å². The van der Waals surface area contributed by atoms with Gasteiger partial charge < -0.3 is 5.73 Å². The maximum atomic E-state index is 8.62. The van der Waals surface area contributed by atoms with E-state index in [2.05, 4.69) is 13.0 Å². The van der Waals surface area contributed by atoms with Crippen molar-refractivity contribution in [2.45, 2.75) is 31.7 Å². The lowest BCUT2D eigenvalue weighted by Crippen LogP contribution is -2.40. The van der Waals surface area contributed by atoms with Crippen molar-refractivity contribution in [2.24, 2.45) is 11.7 Å². The van der Waals surface area contributed by atoms with Crippen molar-refractivity contribution in [3.63, 3.8) is 0 Å². The summed E-state index contributed by atoms with van der Waals surface area (Å²) in [5, 5.41) is 8.62. The first kappa shape index (κ1) is 6.57. The highest BCUT2D eigenvalue weighted by Gasteiger charge is 2.36. The molecule has 1 fully saturated rings. The summed E-state index contributed by atoms with van der Waals surface area (Å²) >= 11 is 0. The third kappa shape index (κ3) is 0.927. The first-order valence-electron chi connectivity index (χ1n) is 3.39. The number of nitriles is 1. The predicted molar refractivity (Wildman–Crippen MR) is 35.5 cm³/mol. The van der Waals surface area contributed by atoms with Gasteiger partial charge >= 0.3 is 0 Å². The largest absolute Gasteiger partial charge is 0.313 e. The number of nitrogens with zero attached hydrogens (tertiary/aromatic N) is 1. The van der Waals surface area contributed by atoms with Crippen LogP contribution in [0.2, 0.25) is 0 Å². The van der Waals surface area contributed by atoms with E-state index in [1.54, 1.807) is 0 Å². The molecule has 1 saturated carbocycles. The van der Waals surface area contributed by atoms with Crippen LogP contribution >= 0.6 is 0 Å². The molecule has 0 aromatic heterocycles. The van der Waals surface area contributed by atoms with Gasteiger partial charge in [0.15, 0.2) is 0 Å². The maximum absolute atomic E-state index is 8.62. The first-order chi connectivity index (χ1) is 4.19. The van der Waals surface area contributed by atoms with Gasteiger partial charge in [0, 0.05) is 0 Å². The highest BCUT2D eigenvalue weighted by Crippen LogP contribution is 2.32. The monoisotopic (exact) mass is 124 g/mol. The fourth-order valence-electron chi connectivity index (χ4n) is 1.37. The first-order valence-corrected chi connectivity index (χ1v) is 3.39. The van der Waals surface area contributed by atoms with Crippen LogP contribution in [0.15, 0.2) is 0 Å². The average molecular weight is 124 g/mol. The molecule has 2 nitrogen and oxygen atoms in total. The summed E-state index contributed by atoms with van der Waals surface area (Å²) in [6.07, 6.45) is 3.11. The van der Waals surface area contributed by atoms with E-state index in [-0.39, 0.29) is 0 Å². The van der Waals surface area contributed by atoms with E-state index >= 15 is 0 Å². The van der Waals surface area contributed by atoms with Gasteiger partial charge in [0.25, 0.3) is 0 Å². The van der Waals surface area contributed by atoms with E-state index < -0.39 is 5.54 Å². The lowest BCUT2D eigenvalue weighted by atomic mass is 9.92. The summed E-state index contributed by atoms with van der Waals surface area (Å²) in [5.41, 5.74) is 5.24. The van der Waals surface area contributed by atoms with Crippen molar-refractivity contribution in [2.75, 3.05) is 0 Å². The number of nitrogens with two attached hydrogens (primary N) is 1. The molecule has 0 aliphatic heterocycles. The Hall–Kier alpha value is -0.550. The minimum Gasteiger partial charge on any atom is -0.313 e. The van der Waals surface area contributed by atoms with Gasteiger partial charge in [-0.05, 0) is 18.8 Å². The number of hydrogen-bond donors (Lipinski definition) is 1. The van der Waals surface area contributed by atoms with Gasteiger partial charge in [-0.2, -0.15) is 5.26 Å². The van der Waals surface area contributed by atoms with Crippen molar-refractivity contribution in [3.05, 3.63) is 0 Å². The summed E-state index contributed by atoms with van der Waals surface area (Å²) in [4.78, 5) is 0. The van der Waals surface area contributed by atoms with Gasteiger partial charge in [-0.15, -0.1) is 0 Å². The third-order valence-electron chi connectivity index (χ3n) is 2.32. The van der Waals surface area contributed by atoms with Crippen LogP contribution in [0.25, 0.3) is 0 Å². The Bertz CT molecular complexity index is 147. The zero-order valence-corrected chi connectivity index (χ0v) is 5.72. The third-order valence-corrected chi connectivity index (χ3v) is 2.32. The van der Waals surface area contributed by atoms with Crippen molar-refractivity contribution in [1.29, 1.82) is 5.26 Å². The fourth-order valence-corrected chi connectivity index (χ4v) is 1.37. The molecule has 1 aliphatic rings. The summed E-state index contributed by atoms with van der Waals surface area (Å²) < 4.78 is 0. The quantitative estimate of drug-likeness (QED) is 0.524.